The molecule has 0 amide bonds. The van der Waals surface area contributed by atoms with Gasteiger partial charge in [-0.25, -0.2) is 9.97 Å². The molecule has 0 spiro atoms. The van der Waals surface area contributed by atoms with Crippen LogP contribution in [0.4, 0.5) is 0 Å². The first kappa shape index (κ1) is 29.7. The molecule has 50 heavy (non-hydrogen) atoms. The second-order valence-corrected chi connectivity index (χ2v) is 12.8. The predicted molar refractivity (Wildman–Crippen MR) is 208 cm³/mol. The van der Waals surface area contributed by atoms with Crippen molar-refractivity contribution in [1.29, 1.82) is 0 Å². The molecule has 0 saturated carbocycles. The third kappa shape index (κ3) is 5.69. The SMILES string of the molecule is C1=CCC(c2cc(-c3cccc(-c4cc(-c5cccc(-c6ccccc6)c5)nc(-c5ccccc5)n4)c3)c3c(ccc4ccccc43)n2)C=C1. The molecule has 3 heteroatoms. The Morgan fingerprint density at radius 3 is 1.84 bits per heavy atom. The highest BCUT2D eigenvalue weighted by atomic mass is 14.9. The molecule has 2 heterocycles. The number of allylic oxidation sites excluding steroid dienone is 4. The molecule has 3 nitrogen and oxygen atoms in total. The van der Waals surface area contributed by atoms with Gasteiger partial charge in [-0.1, -0.05) is 152 Å². The van der Waals surface area contributed by atoms with Crippen LogP contribution in [0.25, 0.3) is 77.8 Å². The molecule has 6 aromatic carbocycles. The summed E-state index contributed by atoms with van der Waals surface area (Å²) < 4.78 is 0. The Morgan fingerprint density at radius 2 is 1.10 bits per heavy atom. The van der Waals surface area contributed by atoms with Crippen molar-refractivity contribution in [1.82, 2.24) is 15.0 Å². The zero-order valence-electron chi connectivity index (χ0n) is 27.4. The van der Waals surface area contributed by atoms with Gasteiger partial charge in [-0.3, -0.25) is 4.98 Å². The molecular formula is C47H33N3. The zero-order chi connectivity index (χ0) is 33.3. The second-order valence-electron chi connectivity index (χ2n) is 12.8. The number of nitrogens with zero attached hydrogens (tertiary/aromatic N) is 3. The summed E-state index contributed by atoms with van der Waals surface area (Å²) in [6.45, 7) is 0. The van der Waals surface area contributed by atoms with Crippen molar-refractivity contribution in [3.05, 3.63) is 188 Å². The van der Waals surface area contributed by atoms with Crippen molar-refractivity contribution in [2.24, 2.45) is 0 Å². The third-order valence-electron chi connectivity index (χ3n) is 9.57. The average Bonchev–Trinajstić information content (AvgIpc) is 3.21. The fourth-order valence-electron chi connectivity index (χ4n) is 7.04. The smallest absolute Gasteiger partial charge is 0.160 e. The number of benzene rings is 6. The van der Waals surface area contributed by atoms with E-state index in [0.717, 1.165) is 56.8 Å². The minimum absolute atomic E-state index is 0.238. The maximum atomic E-state index is 5.23. The molecule has 9 rings (SSSR count). The molecule has 0 bridgehead atoms. The van der Waals surface area contributed by atoms with Crippen molar-refractivity contribution in [3.63, 3.8) is 0 Å². The van der Waals surface area contributed by atoms with Crippen LogP contribution < -0.4 is 0 Å². The summed E-state index contributed by atoms with van der Waals surface area (Å²) in [5, 5.41) is 3.58. The van der Waals surface area contributed by atoms with E-state index in [4.69, 9.17) is 15.0 Å². The molecular weight excluding hydrogens is 607 g/mol. The van der Waals surface area contributed by atoms with Gasteiger partial charge in [0.15, 0.2) is 5.82 Å². The molecule has 0 fully saturated rings. The lowest BCUT2D eigenvalue weighted by atomic mass is 9.90. The highest BCUT2D eigenvalue weighted by molar-refractivity contribution is 6.13. The van der Waals surface area contributed by atoms with Gasteiger partial charge in [0.2, 0.25) is 0 Å². The van der Waals surface area contributed by atoms with Gasteiger partial charge in [-0.05, 0) is 69.8 Å². The minimum Gasteiger partial charge on any atom is -0.252 e. The summed E-state index contributed by atoms with van der Waals surface area (Å²) in [6, 6.07) is 55.5. The summed E-state index contributed by atoms with van der Waals surface area (Å²) in [5.41, 5.74) is 11.6. The fourth-order valence-corrected chi connectivity index (χ4v) is 7.04. The van der Waals surface area contributed by atoms with Crippen LogP contribution in [0.15, 0.2) is 182 Å². The molecule has 1 aliphatic carbocycles. The van der Waals surface area contributed by atoms with Gasteiger partial charge in [0, 0.05) is 33.7 Å². The van der Waals surface area contributed by atoms with Gasteiger partial charge in [0.05, 0.1) is 16.9 Å². The summed E-state index contributed by atoms with van der Waals surface area (Å²) in [4.78, 5) is 15.5. The predicted octanol–water partition coefficient (Wildman–Crippen LogP) is 12.1. The molecule has 0 aliphatic heterocycles. The van der Waals surface area contributed by atoms with E-state index >= 15 is 0 Å². The van der Waals surface area contributed by atoms with Crippen molar-refractivity contribution in [2.45, 2.75) is 12.3 Å². The second kappa shape index (κ2) is 12.9. The maximum absolute atomic E-state index is 5.23. The molecule has 1 atom stereocenters. The summed E-state index contributed by atoms with van der Waals surface area (Å²) in [7, 11) is 0. The van der Waals surface area contributed by atoms with Gasteiger partial charge in [-0.2, -0.15) is 0 Å². The highest BCUT2D eigenvalue weighted by Gasteiger charge is 2.18. The van der Waals surface area contributed by atoms with E-state index in [1.807, 2.05) is 24.3 Å². The van der Waals surface area contributed by atoms with E-state index in [2.05, 4.69) is 158 Å². The van der Waals surface area contributed by atoms with Crippen molar-refractivity contribution in [2.75, 3.05) is 0 Å². The highest BCUT2D eigenvalue weighted by Crippen LogP contribution is 2.39. The average molecular weight is 640 g/mol. The van der Waals surface area contributed by atoms with E-state index < -0.39 is 0 Å². The van der Waals surface area contributed by atoms with Gasteiger partial charge < -0.3 is 0 Å². The minimum atomic E-state index is 0.238. The van der Waals surface area contributed by atoms with Crippen LogP contribution in [-0.4, -0.2) is 15.0 Å². The molecule has 236 valence electrons. The van der Waals surface area contributed by atoms with Crippen LogP contribution >= 0.6 is 0 Å². The van der Waals surface area contributed by atoms with Gasteiger partial charge >= 0.3 is 0 Å². The molecule has 1 unspecified atom stereocenters. The van der Waals surface area contributed by atoms with Gasteiger partial charge in [0.25, 0.3) is 0 Å². The maximum Gasteiger partial charge on any atom is 0.160 e. The Hall–Kier alpha value is -6.45. The Morgan fingerprint density at radius 1 is 0.460 bits per heavy atom. The topological polar surface area (TPSA) is 38.7 Å². The van der Waals surface area contributed by atoms with E-state index in [1.165, 1.54) is 27.3 Å². The van der Waals surface area contributed by atoms with E-state index in [9.17, 15) is 0 Å². The van der Waals surface area contributed by atoms with Gasteiger partial charge in [-0.15, -0.1) is 0 Å². The summed E-state index contributed by atoms with van der Waals surface area (Å²) in [6.07, 6.45) is 9.68. The Kier molecular flexibility index (Phi) is 7.64. The normalized spacial score (nSPS) is 14.0. The van der Waals surface area contributed by atoms with Crippen molar-refractivity contribution in [3.8, 4) is 56.2 Å². The van der Waals surface area contributed by atoms with Gasteiger partial charge in [0.1, 0.15) is 0 Å². The number of aromatic nitrogens is 3. The fraction of sp³-hybridized carbons (Fsp3) is 0.0426. The Balaban J connectivity index is 1.22. The van der Waals surface area contributed by atoms with Crippen molar-refractivity contribution < 1.29 is 0 Å². The molecule has 0 radical (unpaired) electrons. The number of pyridine rings is 1. The Labute approximate surface area is 292 Å². The lowest BCUT2D eigenvalue weighted by Crippen LogP contribution is -2.01. The largest absolute Gasteiger partial charge is 0.252 e. The molecule has 0 N–H and O–H groups in total. The van der Waals surface area contributed by atoms with Crippen LogP contribution in [0, 0.1) is 0 Å². The van der Waals surface area contributed by atoms with Crippen LogP contribution in [-0.2, 0) is 0 Å². The van der Waals surface area contributed by atoms with E-state index in [-0.39, 0.29) is 5.92 Å². The van der Waals surface area contributed by atoms with Crippen LogP contribution in [0.1, 0.15) is 18.0 Å². The first-order valence-electron chi connectivity index (χ1n) is 17.1. The number of rotatable bonds is 6. The summed E-state index contributed by atoms with van der Waals surface area (Å²) >= 11 is 0. The molecule has 8 aromatic rings. The lowest BCUT2D eigenvalue weighted by molar-refractivity contribution is 0.822. The number of hydrogen-bond donors (Lipinski definition) is 0. The standard InChI is InChI=1S/C47H33N3/c1-4-14-32(15-5-1)36-21-12-23-38(28-36)44-31-45(50-47(49-44)35-19-8-3-9-20-35)39-24-13-22-37(29-39)41-30-43(34-17-6-2-7-18-34)48-42-27-26-33-16-10-11-25-40(33)46(41)42/h1-17,19-31,34H,18H2. The quantitative estimate of drug-likeness (QED) is 0.170. The number of hydrogen-bond acceptors (Lipinski definition) is 3. The summed E-state index contributed by atoms with van der Waals surface area (Å²) in [5.74, 6) is 0.940. The first-order chi connectivity index (χ1) is 24.8. The van der Waals surface area contributed by atoms with E-state index in [0.29, 0.717) is 5.82 Å². The molecule has 1 aliphatic rings. The Bertz CT molecular complexity index is 2570. The molecule has 2 aromatic heterocycles. The lowest BCUT2D eigenvalue weighted by Gasteiger charge is -2.18. The zero-order valence-corrected chi connectivity index (χ0v) is 27.4. The third-order valence-corrected chi connectivity index (χ3v) is 9.57. The van der Waals surface area contributed by atoms with E-state index in [1.54, 1.807) is 0 Å². The van der Waals surface area contributed by atoms with Crippen LogP contribution in [0.3, 0.4) is 0 Å². The monoisotopic (exact) mass is 639 g/mol. The number of fused-ring (bicyclic) bond motifs is 3. The van der Waals surface area contributed by atoms with Crippen LogP contribution in [0.5, 0.6) is 0 Å². The first-order valence-corrected chi connectivity index (χ1v) is 17.1. The molecule has 0 saturated heterocycles. The van der Waals surface area contributed by atoms with Crippen LogP contribution in [0.2, 0.25) is 0 Å². The van der Waals surface area contributed by atoms with Crippen molar-refractivity contribution >= 4 is 21.7 Å².